The van der Waals surface area contributed by atoms with Gasteiger partial charge in [0, 0.05) is 31.3 Å². The maximum absolute atomic E-state index is 11.7. The highest BCUT2D eigenvalue weighted by Crippen LogP contribution is 2.24. The van der Waals surface area contributed by atoms with Gasteiger partial charge in [-0.25, -0.2) is 0 Å². The Morgan fingerprint density at radius 3 is 2.46 bits per heavy atom. The quantitative estimate of drug-likeness (QED) is 0.656. The summed E-state index contributed by atoms with van der Waals surface area (Å²) in [5.41, 5.74) is 0. The van der Waals surface area contributed by atoms with Crippen LogP contribution in [0.3, 0.4) is 0 Å². The highest BCUT2D eigenvalue weighted by molar-refractivity contribution is 8.24. The van der Waals surface area contributed by atoms with Gasteiger partial charge in [-0.1, -0.05) is 6.42 Å². The largest absolute Gasteiger partial charge is 0.292 e. The van der Waals surface area contributed by atoms with Crippen molar-refractivity contribution in [2.45, 2.75) is 19.3 Å². The smallest absolute Gasteiger partial charge is 0.194 e. The van der Waals surface area contributed by atoms with Crippen LogP contribution in [-0.4, -0.2) is 36.6 Å². The molecule has 0 spiro atoms. The van der Waals surface area contributed by atoms with Gasteiger partial charge in [-0.2, -0.15) is 12.7 Å². The van der Waals surface area contributed by atoms with Gasteiger partial charge < -0.3 is 0 Å². The van der Waals surface area contributed by atoms with Gasteiger partial charge in [0.15, 0.2) is 0 Å². The molecule has 4 nitrogen and oxygen atoms in total. The Balaban J connectivity index is 2.80. The van der Waals surface area contributed by atoms with Gasteiger partial charge >= 0.3 is 0 Å². The lowest BCUT2D eigenvalue weighted by Gasteiger charge is -2.26. The number of halogens is 1. The molecule has 1 aliphatic heterocycles. The molecule has 13 heavy (non-hydrogen) atoms. The van der Waals surface area contributed by atoms with Crippen molar-refractivity contribution in [3.8, 4) is 0 Å². The molecule has 0 atom stereocenters. The zero-order valence-electron chi connectivity index (χ0n) is 7.44. The van der Waals surface area contributed by atoms with E-state index in [-0.39, 0.29) is 0 Å². The average molecular weight is 245 g/mol. The topological polar surface area (TPSA) is 40.6 Å². The second-order valence-electron chi connectivity index (χ2n) is 2.99. The maximum atomic E-state index is 11.7. The molecule has 0 radical (unpaired) electrons. The molecular formula is C6H13ClN2O2S2. The molecule has 0 amide bonds. The second-order valence-corrected chi connectivity index (χ2v) is 6.17. The first kappa shape index (κ1) is 11.6. The van der Waals surface area contributed by atoms with E-state index in [1.165, 1.54) is 8.02 Å². The summed E-state index contributed by atoms with van der Waals surface area (Å²) in [4.78, 5) is 0. The first-order valence-electron chi connectivity index (χ1n) is 4.12. The molecule has 0 bridgehead atoms. The van der Waals surface area contributed by atoms with Crippen LogP contribution in [0, 0.1) is 0 Å². The fourth-order valence-electron chi connectivity index (χ4n) is 1.21. The molecule has 0 aromatic rings. The third kappa shape index (κ3) is 2.73. The van der Waals surface area contributed by atoms with Crippen molar-refractivity contribution in [1.82, 2.24) is 8.02 Å². The zero-order valence-corrected chi connectivity index (χ0v) is 9.83. The summed E-state index contributed by atoms with van der Waals surface area (Å²) in [5.74, 6) is 0. The van der Waals surface area contributed by atoms with Gasteiger partial charge in [0.25, 0.3) is 10.2 Å². The molecule has 0 aromatic carbocycles. The number of hydrogen-bond acceptors (Lipinski definition) is 3. The summed E-state index contributed by atoms with van der Waals surface area (Å²) >= 11 is 0.755. The molecule has 0 aromatic heterocycles. The van der Waals surface area contributed by atoms with Crippen LogP contribution in [0.15, 0.2) is 0 Å². The summed E-state index contributed by atoms with van der Waals surface area (Å²) < 4.78 is 25.9. The molecular weight excluding hydrogens is 232 g/mol. The SMILES string of the molecule is CN1CCCCCN(SCl)S1(=O)=O. The van der Waals surface area contributed by atoms with Gasteiger partial charge in [-0.05, 0) is 23.5 Å². The van der Waals surface area contributed by atoms with Crippen LogP contribution in [0.4, 0.5) is 0 Å². The van der Waals surface area contributed by atoms with Crippen LogP contribution in [0.1, 0.15) is 19.3 Å². The molecule has 1 heterocycles. The van der Waals surface area contributed by atoms with Gasteiger partial charge in [-0.15, -0.1) is 3.71 Å². The van der Waals surface area contributed by atoms with Gasteiger partial charge in [0.1, 0.15) is 0 Å². The molecule has 78 valence electrons. The van der Waals surface area contributed by atoms with Crippen molar-refractivity contribution in [1.29, 1.82) is 0 Å². The van der Waals surface area contributed by atoms with Crippen molar-refractivity contribution < 1.29 is 8.42 Å². The van der Waals surface area contributed by atoms with Crippen molar-refractivity contribution in [3.63, 3.8) is 0 Å². The number of nitrogens with zero attached hydrogens (tertiary/aromatic N) is 2. The fraction of sp³-hybridized carbons (Fsp3) is 1.00. The van der Waals surface area contributed by atoms with E-state index < -0.39 is 10.2 Å². The third-order valence-corrected chi connectivity index (χ3v) is 5.58. The summed E-state index contributed by atoms with van der Waals surface area (Å²) in [6.07, 6.45) is 2.86. The Kier molecular flexibility index (Phi) is 4.31. The number of rotatable bonds is 1. The Hall–Kier alpha value is 0.510. The van der Waals surface area contributed by atoms with E-state index in [0.29, 0.717) is 13.1 Å². The molecule has 0 aliphatic carbocycles. The highest BCUT2D eigenvalue weighted by atomic mass is 35.7. The maximum Gasteiger partial charge on any atom is 0.292 e. The van der Waals surface area contributed by atoms with E-state index in [9.17, 15) is 8.42 Å². The second kappa shape index (κ2) is 4.84. The van der Waals surface area contributed by atoms with E-state index in [4.69, 9.17) is 10.7 Å². The summed E-state index contributed by atoms with van der Waals surface area (Å²) in [5, 5.41) is 0. The Labute approximate surface area is 88.0 Å². The van der Waals surface area contributed by atoms with Crippen LogP contribution in [0.25, 0.3) is 0 Å². The first-order chi connectivity index (χ1) is 6.09. The van der Waals surface area contributed by atoms with Gasteiger partial charge in [0.2, 0.25) is 0 Å². The molecule has 1 aliphatic rings. The zero-order chi connectivity index (χ0) is 9.90. The van der Waals surface area contributed by atoms with Crippen LogP contribution in [0.5, 0.6) is 0 Å². The Morgan fingerprint density at radius 1 is 1.23 bits per heavy atom. The van der Waals surface area contributed by atoms with Crippen LogP contribution < -0.4 is 0 Å². The molecule has 1 fully saturated rings. The summed E-state index contributed by atoms with van der Waals surface area (Å²) in [6, 6.07) is 0. The van der Waals surface area contributed by atoms with E-state index in [1.807, 2.05) is 0 Å². The predicted octanol–water partition coefficient (Wildman–Crippen LogP) is 1.45. The summed E-state index contributed by atoms with van der Waals surface area (Å²) in [7, 11) is 3.76. The Bertz CT molecular complexity index is 257. The van der Waals surface area contributed by atoms with E-state index in [1.54, 1.807) is 7.05 Å². The van der Waals surface area contributed by atoms with Crippen molar-refractivity contribution in [2.24, 2.45) is 0 Å². The average Bonchev–Trinajstić information content (AvgIpc) is 2.08. The Morgan fingerprint density at radius 2 is 1.85 bits per heavy atom. The van der Waals surface area contributed by atoms with Crippen molar-refractivity contribution in [3.05, 3.63) is 0 Å². The number of hydrogen-bond donors (Lipinski definition) is 0. The normalized spacial score (nSPS) is 26.6. The standard InChI is InChI=1S/C6H13ClN2O2S2/c1-8-5-3-2-4-6-9(12-7)13(8,10)11/h2-6H2,1H3. The van der Waals surface area contributed by atoms with E-state index in [0.717, 1.165) is 30.4 Å². The van der Waals surface area contributed by atoms with E-state index in [2.05, 4.69) is 0 Å². The molecule has 1 rings (SSSR count). The van der Waals surface area contributed by atoms with Crippen molar-refractivity contribution >= 4 is 32.1 Å². The van der Waals surface area contributed by atoms with Gasteiger partial charge in [-0.3, -0.25) is 0 Å². The van der Waals surface area contributed by atoms with Crippen LogP contribution in [0.2, 0.25) is 0 Å². The summed E-state index contributed by atoms with van der Waals surface area (Å²) in [6.45, 7) is 1.08. The minimum absolute atomic E-state index is 0.501. The minimum Gasteiger partial charge on any atom is -0.194 e. The third-order valence-electron chi connectivity index (χ3n) is 2.04. The first-order valence-corrected chi connectivity index (χ1v) is 7.11. The fourth-order valence-corrected chi connectivity index (χ4v) is 3.91. The molecule has 0 saturated carbocycles. The predicted molar refractivity (Wildman–Crippen MR) is 55.6 cm³/mol. The highest BCUT2D eigenvalue weighted by Gasteiger charge is 2.28. The lowest BCUT2D eigenvalue weighted by molar-refractivity contribution is 0.397. The lowest BCUT2D eigenvalue weighted by atomic mass is 10.2. The monoisotopic (exact) mass is 244 g/mol. The molecule has 7 heteroatoms. The molecule has 1 saturated heterocycles. The lowest BCUT2D eigenvalue weighted by Crippen LogP contribution is -2.39. The molecule has 0 N–H and O–H groups in total. The van der Waals surface area contributed by atoms with Crippen LogP contribution in [-0.2, 0) is 10.2 Å². The van der Waals surface area contributed by atoms with E-state index >= 15 is 0 Å². The van der Waals surface area contributed by atoms with Crippen LogP contribution >= 0.6 is 21.8 Å². The van der Waals surface area contributed by atoms with Crippen molar-refractivity contribution in [2.75, 3.05) is 20.1 Å². The minimum atomic E-state index is -3.31. The molecule has 0 unspecified atom stereocenters. The van der Waals surface area contributed by atoms with Gasteiger partial charge in [0.05, 0.1) is 0 Å².